The van der Waals surface area contributed by atoms with Crippen LogP contribution in [0, 0.1) is 6.92 Å². The number of aromatic hydroxyl groups is 2. The lowest BCUT2D eigenvalue weighted by Gasteiger charge is -2.27. The number of carboxylic acid groups (broad SMARTS) is 1. The number of rotatable bonds is 5. The molecule has 22 heavy (non-hydrogen) atoms. The summed E-state index contributed by atoms with van der Waals surface area (Å²) in [5.41, 5.74) is 2.22. The van der Waals surface area contributed by atoms with Crippen molar-refractivity contribution in [1.29, 1.82) is 0 Å². The summed E-state index contributed by atoms with van der Waals surface area (Å²) >= 11 is 0. The second-order valence-electron chi connectivity index (χ2n) is 6.33. The molecule has 0 atom stereocenters. The van der Waals surface area contributed by atoms with Crippen molar-refractivity contribution in [3.05, 3.63) is 22.3 Å². The first kappa shape index (κ1) is 16.7. The molecular formula is C18H26O4. The fraction of sp³-hybridized carbons (Fsp3) is 0.611. The smallest absolute Gasteiger partial charge is 0.339 e. The Bertz CT molecular complexity index is 557. The molecule has 0 amide bonds. The highest BCUT2D eigenvalue weighted by atomic mass is 16.4. The number of carbonyl (C=O) groups is 1. The number of phenolic OH excluding ortho intramolecular Hbond substituents is 1. The number of carboxylic acids is 1. The van der Waals surface area contributed by atoms with Crippen molar-refractivity contribution >= 4 is 5.97 Å². The number of benzene rings is 1. The van der Waals surface area contributed by atoms with E-state index in [2.05, 4.69) is 6.92 Å². The molecule has 1 aromatic carbocycles. The Balaban J connectivity index is 2.60. The number of hydrogen-bond acceptors (Lipinski definition) is 3. The fourth-order valence-electron chi connectivity index (χ4n) is 3.69. The normalized spacial score (nSPS) is 15.9. The minimum atomic E-state index is -1.15. The molecule has 3 N–H and O–H groups in total. The van der Waals surface area contributed by atoms with Crippen LogP contribution >= 0.6 is 0 Å². The third kappa shape index (κ3) is 3.06. The molecular weight excluding hydrogens is 280 g/mol. The van der Waals surface area contributed by atoms with Gasteiger partial charge in [0.05, 0.1) is 0 Å². The van der Waals surface area contributed by atoms with Gasteiger partial charge in [0, 0.05) is 5.56 Å². The predicted molar refractivity (Wildman–Crippen MR) is 85.9 cm³/mol. The van der Waals surface area contributed by atoms with Gasteiger partial charge in [-0.3, -0.25) is 0 Å². The Morgan fingerprint density at radius 3 is 2.32 bits per heavy atom. The van der Waals surface area contributed by atoms with Crippen molar-refractivity contribution in [2.75, 3.05) is 0 Å². The maximum Gasteiger partial charge on any atom is 0.339 e. The molecule has 1 aliphatic carbocycles. The van der Waals surface area contributed by atoms with Crippen LogP contribution in [-0.2, 0) is 6.42 Å². The first-order chi connectivity index (χ1) is 10.5. The monoisotopic (exact) mass is 306 g/mol. The molecule has 0 saturated heterocycles. The highest BCUT2D eigenvalue weighted by molar-refractivity contribution is 5.95. The van der Waals surface area contributed by atoms with Crippen molar-refractivity contribution < 1.29 is 20.1 Å². The summed E-state index contributed by atoms with van der Waals surface area (Å²) in [4.78, 5) is 11.6. The summed E-state index contributed by atoms with van der Waals surface area (Å²) in [5.74, 6) is -1.68. The molecule has 0 aromatic heterocycles. The number of hydrogen-bond donors (Lipinski definition) is 3. The van der Waals surface area contributed by atoms with Crippen LogP contribution in [0.15, 0.2) is 0 Å². The van der Waals surface area contributed by atoms with Crippen LogP contribution in [0.4, 0.5) is 0 Å². The summed E-state index contributed by atoms with van der Waals surface area (Å²) in [6, 6.07) is 0. The zero-order chi connectivity index (χ0) is 16.3. The molecule has 122 valence electrons. The minimum Gasteiger partial charge on any atom is -0.504 e. The van der Waals surface area contributed by atoms with E-state index < -0.39 is 11.7 Å². The molecule has 0 radical (unpaired) electrons. The van der Waals surface area contributed by atoms with E-state index in [1.54, 1.807) is 0 Å². The molecule has 1 aliphatic rings. The molecule has 0 aliphatic heterocycles. The van der Waals surface area contributed by atoms with Gasteiger partial charge in [-0.2, -0.15) is 0 Å². The van der Waals surface area contributed by atoms with E-state index in [0.29, 0.717) is 12.0 Å². The van der Waals surface area contributed by atoms with Crippen molar-refractivity contribution in [3.63, 3.8) is 0 Å². The maximum absolute atomic E-state index is 11.6. The van der Waals surface area contributed by atoms with Gasteiger partial charge in [-0.25, -0.2) is 4.79 Å². The SMILES string of the molecule is CCCCc1c(C)c(C2CCCCC2)c(C(=O)O)c(O)c1O. The summed E-state index contributed by atoms with van der Waals surface area (Å²) < 4.78 is 0. The lowest BCUT2D eigenvalue weighted by molar-refractivity contribution is 0.0690. The van der Waals surface area contributed by atoms with Crippen LogP contribution < -0.4 is 0 Å². The summed E-state index contributed by atoms with van der Waals surface area (Å²) in [6.45, 7) is 3.96. The average Bonchev–Trinajstić information content (AvgIpc) is 2.51. The average molecular weight is 306 g/mol. The van der Waals surface area contributed by atoms with Crippen LogP contribution in [0.5, 0.6) is 11.5 Å². The first-order valence-corrected chi connectivity index (χ1v) is 8.29. The Morgan fingerprint density at radius 2 is 1.77 bits per heavy atom. The number of aromatic carboxylic acids is 1. The second-order valence-corrected chi connectivity index (χ2v) is 6.33. The predicted octanol–water partition coefficient (Wildman–Crippen LogP) is 4.49. The van der Waals surface area contributed by atoms with E-state index in [-0.39, 0.29) is 17.2 Å². The fourth-order valence-corrected chi connectivity index (χ4v) is 3.69. The third-order valence-corrected chi connectivity index (χ3v) is 4.88. The summed E-state index contributed by atoms with van der Waals surface area (Å²) in [7, 11) is 0. The quantitative estimate of drug-likeness (QED) is 0.700. The van der Waals surface area contributed by atoms with Crippen molar-refractivity contribution in [2.45, 2.75) is 71.1 Å². The van der Waals surface area contributed by atoms with E-state index in [1.807, 2.05) is 6.92 Å². The molecule has 0 spiro atoms. The highest BCUT2D eigenvalue weighted by Gasteiger charge is 2.30. The lowest BCUT2D eigenvalue weighted by Crippen LogP contribution is -2.14. The molecule has 1 saturated carbocycles. The number of phenols is 2. The van der Waals surface area contributed by atoms with Crippen LogP contribution in [-0.4, -0.2) is 21.3 Å². The zero-order valence-corrected chi connectivity index (χ0v) is 13.5. The van der Waals surface area contributed by atoms with E-state index in [4.69, 9.17) is 0 Å². The van der Waals surface area contributed by atoms with E-state index >= 15 is 0 Å². The Labute approximate surface area is 131 Å². The molecule has 1 aromatic rings. The molecule has 4 nitrogen and oxygen atoms in total. The van der Waals surface area contributed by atoms with Gasteiger partial charge in [-0.15, -0.1) is 0 Å². The van der Waals surface area contributed by atoms with Gasteiger partial charge in [0.2, 0.25) is 0 Å². The van der Waals surface area contributed by atoms with Crippen LogP contribution in [0.2, 0.25) is 0 Å². The Hall–Kier alpha value is -1.71. The molecule has 0 unspecified atom stereocenters. The van der Waals surface area contributed by atoms with Gasteiger partial charge in [0.1, 0.15) is 5.56 Å². The molecule has 4 heteroatoms. The van der Waals surface area contributed by atoms with Crippen molar-refractivity contribution in [2.24, 2.45) is 0 Å². The number of unbranched alkanes of at least 4 members (excludes halogenated alkanes) is 1. The van der Waals surface area contributed by atoms with Crippen LogP contribution in [0.25, 0.3) is 0 Å². The minimum absolute atomic E-state index is 0.0952. The highest BCUT2D eigenvalue weighted by Crippen LogP contribution is 2.45. The van der Waals surface area contributed by atoms with Gasteiger partial charge in [-0.05, 0) is 49.7 Å². The second kappa shape index (κ2) is 7.03. The summed E-state index contributed by atoms with van der Waals surface area (Å²) in [6.07, 6.45) is 7.84. The van der Waals surface area contributed by atoms with Gasteiger partial charge in [0.25, 0.3) is 0 Å². The van der Waals surface area contributed by atoms with Crippen molar-refractivity contribution in [1.82, 2.24) is 0 Å². The Morgan fingerprint density at radius 1 is 1.14 bits per heavy atom. The topological polar surface area (TPSA) is 77.8 Å². The van der Waals surface area contributed by atoms with Gasteiger partial charge < -0.3 is 15.3 Å². The molecule has 2 rings (SSSR count). The molecule has 0 heterocycles. The van der Waals surface area contributed by atoms with Crippen molar-refractivity contribution in [3.8, 4) is 11.5 Å². The maximum atomic E-state index is 11.6. The zero-order valence-electron chi connectivity index (χ0n) is 13.5. The van der Waals surface area contributed by atoms with Gasteiger partial charge >= 0.3 is 5.97 Å². The van der Waals surface area contributed by atoms with Crippen LogP contribution in [0.1, 0.15) is 84.8 Å². The third-order valence-electron chi connectivity index (χ3n) is 4.88. The van der Waals surface area contributed by atoms with Gasteiger partial charge in [-0.1, -0.05) is 32.6 Å². The standard InChI is InChI=1S/C18H26O4/c1-3-4-10-13-11(2)14(12-8-6-5-7-9-12)15(18(21)22)17(20)16(13)19/h12,19-20H,3-10H2,1-2H3,(H,21,22). The molecule has 1 fully saturated rings. The van der Waals surface area contributed by atoms with Gasteiger partial charge in [0.15, 0.2) is 11.5 Å². The van der Waals surface area contributed by atoms with Crippen LogP contribution in [0.3, 0.4) is 0 Å². The largest absolute Gasteiger partial charge is 0.504 e. The van der Waals surface area contributed by atoms with E-state index in [0.717, 1.165) is 49.7 Å². The van der Waals surface area contributed by atoms with E-state index in [1.165, 1.54) is 6.42 Å². The Kier molecular flexibility index (Phi) is 5.33. The molecule has 0 bridgehead atoms. The summed E-state index contributed by atoms with van der Waals surface area (Å²) in [5, 5.41) is 30.0. The lowest BCUT2D eigenvalue weighted by atomic mass is 9.78. The first-order valence-electron chi connectivity index (χ1n) is 8.29. The van der Waals surface area contributed by atoms with E-state index in [9.17, 15) is 20.1 Å².